The third-order valence-electron chi connectivity index (χ3n) is 8.90. The number of carbonyl (C=O) groups is 1. The Morgan fingerprint density at radius 3 is 0.923 bits per heavy atom. The minimum atomic E-state index is -0.676. The van der Waals surface area contributed by atoms with Crippen molar-refractivity contribution in [2.24, 2.45) is 0 Å². The number of carboxylic acids is 1. The van der Waals surface area contributed by atoms with Crippen molar-refractivity contribution in [1.29, 1.82) is 0 Å². The van der Waals surface area contributed by atoms with E-state index in [0.29, 0.717) is 12.1 Å². The predicted octanol–water partition coefficient (Wildman–Crippen LogP) is 12.1. The van der Waals surface area contributed by atoms with E-state index in [-0.39, 0.29) is 6.54 Å². The number of hydrogen-bond acceptors (Lipinski definition) is 2. The van der Waals surface area contributed by atoms with Crippen LogP contribution in [0.2, 0.25) is 0 Å². The molecule has 0 radical (unpaired) electrons. The maximum atomic E-state index is 11.6. The van der Waals surface area contributed by atoms with E-state index < -0.39 is 5.97 Å². The molecule has 3 nitrogen and oxygen atoms in total. The molecule has 0 aliphatic heterocycles. The molecule has 0 rings (SSSR count). The minimum Gasteiger partial charge on any atom is -0.480 e. The largest absolute Gasteiger partial charge is 0.480 e. The van der Waals surface area contributed by atoms with Gasteiger partial charge in [0, 0.05) is 12.1 Å². The lowest BCUT2D eigenvalue weighted by Crippen LogP contribution is -2.43. The molecule has 0 aliphatic carbocycles. The molecule has 0 spiro atoms. The second-order valence-corrected chi connectivity index (χ2v) is 12.8. The first kappa shape index (κ1) is 38.4. The van der Waals surface area contributed by atoms with Gasteiger partial charge in [0.15, 0.2) is 0 Å². The van der Waals surface area contributed by atoms with Gasteiger partial charge in [-0.25, -0.2) is 0 Å². The fourth-order valence-electron chi connectivity index (χ4n) is 6.15. The number of rotatable bonds is 32. The highest BCUT2D eigenvalue weighted by Gasteiger charge is 2.22. The predicted molar refractivity (Wildman–Crippen MR) is 174 cm³/mol. The molecule has 0 heterocycles. The van der Waals surface area contributed by atoms with Crippen molar-refractivity contribution in [2.45, 2.75) is 220 Å². The lowest BCUT2D eigenvalue weighted by Gasteiger charge is -2.33. The lowest BCUT2D eigenvalue weighted by atomic mass is 10.0. The average molecular weight is 552 g/mol. The second kappa shape index (κ2) is 30.4. The van der Waals surface area contributed by atoms with Crippen LogP contribution in [-0.4, -0.2) is 34.6 Å². The summed E-state index contributed by atoms with van der Waals surface area (Å²) in [5, 5.41) is 9.51. The first-order valence-electron chi connectivity index (χ1n) is 18.0. The van der Waals surface area contributed by atoms with Crippen molar-refractivity contribution in [3.05, 3.63) is 0 Å². The Bertz CT molecular complexity index is 458. The van der Waals surface area contributed by atoms with E-state index in [0.717, 1.165) is 12.8 Å². The summed E-state index contributed by atoms with van der Waals surface area (Å²) in [5.41, 5.74) is 0. The fraction of sp³-hybridized carbons (Fsp3) is 0.972. The fourth-order valence-corrected chi connectivity index (χ4v) is 6.15. The van der Waals surface area contributed by atoms with Gasteiger partial charge >= 0.3 is 5.97 Å². The standard InChI is InChI=1S/C36H73NO2/c1-5-7-9-11-13-15-17-19-21-23-25-27-29-31-34(3)37(33-36(38)39)35(4)32-30-28-26-24-22-20-18-16-14-12-10-8-6-2/h34-35H,5-33H2,1-4H3,(H,38,39). The Hall–Kier alpha value is -0.570. The molecule has 0 saturated heterocycles. The molecule has 1 N–H and O–H groups in total. The minimum absolute atomic E-state index is 0.194. The Morgan fingerprint density at radius 1 is 0.462 bits per heavy atom. The van der Waals surface area contributed by atoms with Crippen molar-refractivity contribution in [1.82, 2.24) is 4.90 Å². The van der Waals surface area contributed by atoms with E-state index in [9.17, 15) is 9.90 Å². The van der Waals surface area contributed by atoms with Crippen LogP contribution in [0.4, 0.5) is 0 Å². The summed E-state index contributed by atoms with van der Waals surface area (Å²) < 4.78 is 0. The van der Waals surface area contributed by atoms with Gasteiger partial charge in [0.2, 0.25) is 0 Å². The van der Waals surface area contributed by atoms with Gasteiger partial charge in [0.05, 0.1) is 6.54 Å². The Morgan fingerprint density at radius 2 is 0.692 bits per heavy atom. The van der Waals surface area contributed by atoms with Gasteiger partial charge < -0.3 is 5.11 Å². The molecule has 39 heavy (non-hydrogen) atoms. The molecule has 2 unspecified atom stereocenters. The van der Waals surface area contributed by atoms with E-state index in [4.69, 9.17) is 0 Å². The quantitative estimate of drug-likeness (QED) is 0.0845. The van der Waals surface area contributed by atoms with Crippen LogP contribution >= 0.6 is 0 Å². The lowest BCUT2D eigenvalue weighted by molar-refractivity contribution is -0.139. The Labute approximate surface area is 246 Å². The number of hydrogen-bond donors (Lipinski definition) is 1. The van der Waals surface area contributed by atoms with Crippen LogP contribution in [0.3, 0.4) is 0 Å². The molecule has 0 amide bonds. The SMILES string of the molecule is CCCCCCCCCCCCCCCC(C)N(CC(=O)O)C(C)CCCCCCCCCCCCCCC. The van der Waals surface area contributed by atoms with Crippen molar-refractivity contribution >= 4 is 5.97 Å². The second-order valence-electron chi connectivity index (χ2n) is 12.8. The van der Waals surface area contributed by atoms with Gasteiger partial charge in [-0.2, -0.15) is 0 Å². The zero-order valence-electron chi connectivity index (χ0n) is 27.5. The van der Waals surface area contributed by atoms with Crippen molar-refractivity contribution < 1.29 is 9.90 Å². The highest BCUT2D eigenvalue weighted by Crippen LogP contribution is 2.19. The van der Waals surface area contributed by atoms with Crippen LogP contribution in [-0.2, 0) is 4.79 Å². The first-order valence-corrected chi connectivity index (χ1v) is 18.0. The van der Waals surface area contributed by atoms with Crippen LogP contribution < -0.4 is 0 Å². The number of unbranched alkanes of at least 4 members (excludes halogenated alkanes) is 24. The summed E-state index contributed by atoms with van der Waals surface area (Å²) in [7, 11) is 0. The monoisotopic (exact) mass is 552 g/mol. The number of carboxylic acid groups (broad SMARTS) is 1. The Balaban J connectivity index is 3.80. The summed E-state index contributed by atoms with van der Waals surface area (Å²) >= 11 is 0. The van der Waals surface area contributed by atoms with Gasteiger partial charge in [-0.3, -0.25) is 9.69 Å². The van der Waals surface area contributed by atoms with Gasteiger partial charge in [0.1, 0.15) is 0 Å². The molecule has 0 aromatic heterocycles. The number of nitrogens with zero attached hydrogens (tertiary/aromatic N) is 1. The van der Waals surface area contributed by atoms with Crippen LogP contribution in [0.15, 0.2) is 0 Å². The summed E-state index contributed by atoms with van der Waals surface area (Å²) in [5.74, 6) is -0.676. The maximum absolute atomic E-state index is 11.6. The third-order valence-corrected chi connectivity index (χ3v) is 8.90. The van der Waals surface area contributed by atoms with Gasteiger partial charge in [0.25, 0.3) is 0 Å². The first-order chi connectivity index (χ1) is 19.0. The van der Waals surface area contributed by atoms with Crippen LogP contribution in [0.25, 0.3) is 0 Å². The van der Waals surface area contributed by atoms with Crippen molar-refractivity contribution in [3.63, 3.8) is 0 Å². The van der Waals surface area contributed by atoms with E-state index in [1.165, 1.54) is 167 Å². The van der Waals surface area contributed by atoms with E-state index in [2.05, 4.69) is 32.6 Å². The summed E-state index contributed by atoms with van der Waals surface area (Å²) in [6.07, 6.45) is 38.2. The maximum Gasteiger partial charge on any atom is 0.317 e. The average Bonchev–Trinajstić information content (AvgIpc) is 2.92. The molecule has 0 aromatic rings. The highest BCUT2D eigenvalue weighted by molar-refractivity contribution is 5.69. The van der Waals surface area contributed by atoms with Crippen molar-refractivity contribution in [3.8, 4) is 0 Å². The highest BCUT2D eigenvalue weighted by atomic mass is 16.4. The number of aliphatic carboxylic acids is 1. The van der Waals surface area contributed by atoms with E-state index in [1.54, 1.807) is 0 Å². The van der Waals surface area contributed by atoms with Crippen LogP contribution in [0.1, 0.15) is 207 Å². The summed E-state index contributed by atoms with van der Waals surface area (Å²) in [6, 6.07) is 0.733. The van der Waals surface area contributed by atoms with Gasteiger partial charge in [-0.1, -0.05) is 181 Å². The van der Waals surface area contributed by atoms with E-state index in [1.807, 2.05) is 0 Å². The molecule has 234 valence electrons. The normalized spacial score (nSPS) is 13.3. The molecule has 0 bridgehead atoms. The molecule has 2 atom stereocenters. The van der Waals surface area contributed by atoms with E-state index >= 15 is 0 Å². The van der Waals surface area contributed by atoms with Crippen molar-refractivity contribution in [2.75, 3.05) is 6.54 Å². The zero-order chi connectivity index (χ0) is 28.8. The van der Waals surface area contributed by atoms with Crippen LogP contribution in [0, 0.1) is 0 Å². The molecular formula is C36H73NO2. The molecule has 0 fully saturated rings. The smallest absolute Gasteiger partial charge is 0.317 e. The molecule has 0 aliphatic rings. The Kier molecular flexibility index (Phi) is 29.9. The van der Waals surface area contributed by atoms with Gasteiger partial charge in [-0.15, -0.1) is 0 Å². The molecule has 0 saturated carbocycles. The van der Waals surface area contributed by atoms with Crippen LogP contribution in [0.5, 0.6) is 0 Å². The molecule has 0 aromatic carbocycles. The molecule has 3 heteroatoms. The summed E-state index contributed by atoms with van der Waals surface area (Å²) in [4.78, 5) is 13.8. The van der Waals surface area contributed by atoms with Gasteiger partial charge in [-0.05, 0) is 26.7 Å². The molecular weight excluding hydrogens is 478 g/mol. The summed E-state index contributed by atoms with van der Waals surface area (Å²) in [6.45, 7) is 9.27. The topological polar surface area (TPSA) is 40.5 Å². The third kappa shape index (κ3) is 27.4. The zero-order valence-corrected chi connectivity index (χ0v) is 27.5.